The van der Waals surface area contributed by atoms with Crippen LogP contribution in [-0.2, 0) is 13.0 Å². The van der Waals surface area contributed by atoms with Crippen LogP contribution in [0.4, 0.5) is 0 Å². The molecular weight excluding hydrogens is 232 g/mol. The van der Waals surface area contributed by atoms with Gasteiger partial charge in [0.25, 0.3) is 0 Å². The number of thiophene rings is 1. The molecule has 4 heteroatoms. The van der Waals surface area contributed by atoms with E-state index in [0.717, 1.165) is 18.7 Å². The van der Waals surface area contributed by atoms with E-state index >= 15 is 0 Å². The number of aryl methyl sites for hydroxylation is 1. The molecule has 0 unspecified atom stereocenters. The predicted octanol–water partition coefficient (Wildman–Crippen LogP) is 1.63. The Balaban J connectivity index is 1.94. The number of hydrogen-bond donors (Lipinski definition) is 0. The Kier molecular flexibility index (Phi) is 1.67. The number of nitrogens with zero attached hydrogens (tertiary/aromatic N) is 2. The van der Waals surface area contributed by atoms with Gasteiger partial charge in [-0.1, -0.05) is 11.8 Å². The van der Waals surface area contributed by atoms with Crippen LogP contribution in [0, 0.1) is 11.8 Å². The zero-order chi connectivity index (χ0) is 11.4. The lowest BCUT2D eigenvalue weighted by atomic mass is 10.1. The maximum atomic E-state index is 11.7. The molecule has 3 nitrogen and oxygen atoms in total. The van der Waals surface area contributed by atoms with Gasteiger partial charge in [0.15, 0.2) is 0 Å². The Hall–Kier alpha value is -1.86. The van der Waals surface area contributed by atoms with Crippen molar-refractivity contribution in [3.8, 4) is 22.4 Å². The highest BCUT2D eigenvalue weighted by molar-refractivity contribution is 7.15. The summed E-state index contributed by atoms with van der Waals surface area (Å²) in [6.07, 6.45) is 2.51. The predicted molar refractivity (Wildman–Crippen MR) is 66.0 cm³/mol. The second kappa shape index (κ2) is 3.08. The van der Waals surface area contributed by atoms with Gasteiger partial charge in [0.2, 0.25) is 0 Å². The molecule has 0 saturated carbocycles. The van der Waals surface area contributed by atoms with Crippen molar-refractivity contribution in [2.24, 2.45) is 0 Å². The van der Waals surface area contributed by atoms with Crippen LogP contribution in [0.2, 0.25) is 0 Å². The second-order valence-electron chi connectivity index (χ2n) is 4.24. The standard InChI is InChI=1S/C13H8N2OS/c16-13-14-5-3-10-12-9(4-6-15(10)13)7-11(17-12)8-1-2-8/h3,5,7-8H,4,6H2. The van der Waals surface area contributed by atoms with E-state index in [2.05, 4.69) is 22.9 Å². The average molecular weight is 240 g/mol. The Morgan fingerprint density at radius 3 is 3.18 bits per heavy atom. The number of fused-ring (bicyclic) bond motifs is 3. The van der Waals surface area contributed by atoms with Crippen LogP contribution in [0.25, 0.3) is 10.6 Å². The molecule has 3 heterocycles. The largest absolute Gasteiger partial charge is 0.348 e. The molecule has 1 aliphatic carbocycles. The average Bonchev–Trinajstić information content (AvgIpc) is 3.09. The smallest absolute Gasteiger partial charge is 0.291 e. The van der Waals surface area contributed by atoms with Crippen molar-refractivity contribution in [3.63, 3.8) is 0 Å². The minimum atomic E-state index is -0.147. The van der Waals surface area contributed by atoms with Crippen molar-refractivity contribution < 1.29 is 0 Å². The Morgan fingerprint density at radius 1 is 1.47 bits per heavy atom. The van der Waals surface area contributed by atoms with Crippen molar-refractivity contribution in [3.05, 3.63) is 39.3 Å². The van der Waals surface area contributed by atoms with Crippen LogP contribution in [0.3, 0.4) is 0 Å². The van der Waals surface area contributed by atoms with E-state index in [-0.39, 0.29) is 5.69 Å². The molecule has 2 aromatic heterocycles. The first-order chi connectivity index (χ1) is 8.33. The molecule has 0 radical (unpaired) electrons. The molecule has 0 aromatic carbocycles. The van der Waals surface area contributed by atoms with E-state index in [9.17, 15) is 4.79 Å². The first kappa shape index (κ1) is 9.20. The van der Waals surface area contributed by atoms with Gasteiger partial charge < -0.3 is 0 Å². The summed E-state index contributed by atoms with van der Waals surface area (Å²) < 4.78 is 1.76. The van der Waals surface area contributed by atoms with E-state index in [0.29, 0.717) is 5.92 Å². The molecule has 0 N–H and O–H groups in total. The lowest BCUT2D eigenvalue weighted by Crippen LogP contribution is -2.26. The lowest BCUT2D eigenvalue weighted by Gasteiger charge is -2.16. The monoisotopic (exact) mass is 240 g/mol. The molecule has 4 rings (SSSR count). The fraction of sp³-hybridized carbons (Fsp3) is 0.231. The third-order valence-corrected chi connectivity index (χ3v) is 4.44. The zero-order valence-electron chi connectivity index (χ0n) is 8.93. The number of rotatable bonds is 1. The van der Waals surface area contributed by atoms with Crippen molar-refractivity contribution in [2.45, 2.75) is 18.9 Å². The van der Waals surface area contributed by atoms with Gasteiger partial charge >= 0.3 is 5.69 Å². The molecular formula is C13H8N2OS. The van der Waals surface area contributed by atoms with Crippen LogP contribution in [0.15, 0.2) is 23.1 Å². The summed E-state index contributed by atoms with van der Waals surface area (Å²) in [7, 11) is 0. The molecule has 82 valence electrons. The van der Waals surface area contributed by atoms with Crippen LogP contribution in [0.1, 0.15) is 16.4 Å². The van der Waals surface area contributed by atoms with Crippen molar-refractivity contribution in [2.75, 3.05) is 0 Å². The van der Waals surface area contributed by atoms with Crippen LogP contribution >= 0.6 is 11.3 Å². The summed E-state index contributed by atoms with van der Waals surface area (Å²) in [4.78, 5) is 18.0. The summed E-state index contributed by atoms with van der Waals surface area (Å²) in [6.45, 7) is 0.733. The van der Waals surface area contributed by atoms with E-state index in [1.54, 1.807) is 22.1 Å². The highest BCUT2D eigenvalue weighted by atomic mass is 32.1. The molecule has 0 saturated heterocycles. The summed E-state index contributed by atoms with van der Waals surface area (Å²) in [5.41, 5.74) is 2.19. The van der Waals surface area contributed by atoms with Gasteiger partial charge in [-0.3, -0.25) is 4.57 Å². The van der Waals surface area contributed by atoms with Crippen molar-refractivity contribution >= 4 is 11.3 Å². The lowest BCUT2D eigenvalue weighted by molar-refractivity contribution is 0.643. The van der Waals surface area contributed by atoms with Gasteiger partial charge in [-0.15, -0.1) is 11.3 Å². The summed E-state index contributed by atoms with van der Waals surface area (Å²) in [6, 6.07) is 4.15. The summed E-state index contributed by atoms with van der Waals surface area (Å²) >= 11 is 1.74. The van der Waals surface area contributed by atoms with Gasteiger partial charge in [0.05, 0.1) is 10.6 Å². The first-order valence-electron chi connectivity index (χ1n) is 5.53. The maximum absolute atomic E-state index is 11.7. The Labute approximate surface area is 102 Å². The molecule has 0 bridgehead atoms. The van der Waals surface area contributed by atoms with E-state index < -0.39 is 0 Å². The summed E-state index contributed by atoms with van der Waals surface area (Å²) in [5, 5.41) is 0. The normalized spacial score (nSPS) is 15.8. The SMILES string of the molecule is O=c1nccc2n1CCc1cc(C3C#C3)sc1-2. The fourth-order valence-corrected chi connectivity index (χ4v) is 3.51. The van der Waals surface area contributed by atoms with E-state index in [1.165, 1.54) is 15.3 Å². The van der Waals surface area contributed by atoms with Crippen LogP contribution in [0.5, 0.6) is 0 Å². The molecule has 0 fully saturated rings. The Morgan fingerprint density at radius 2 is 2.35 bits per heavy atom. The fourth-order valence-electron chi connectivity index (χ4n) is 2.26. The molecule has 0 atom stereocenters. The quantitative estimate of drug-likeness (QED) is 0.710. The summed E-state index contributed by atoms with van der Waals surface area (Å²) in [5.74, 6) is 6.45. The highest BCUT2D eigenvalue weighted by Crippen LogP contribution is 2.39. The van der Waals surface area contributed by atoms with E-state index in [4.69, 9.17) is 0 Å². The molecule has 0 spiro atoms. The minimum Gasteiger partial charge on any atom is -0.291 e. The highest BCUT2D eigenvalue weighted by Gasteiger charge is 2.24. The topological polar surface area (TPSA) is 34.9 Å². The first-order valence-corrected chi connectivity index (χ1v) is 6.34. The van der Waals surface area contributed by atoms with Gasteiger partial charge in [0.1, 0.15) is 5.92 Å². The van der Waals surface area contributed by atoms with Crippen molar-refractivity contribution in [1.82, 2.24) is 9.55 Å². The van der Waals surface area contributed by atoms with Crippen LogP contribution in [-0.4, -0.2) is 9.55 Å². The van der Waals surface area contributed by atoms with Gasteiger partial charge in [-0.25, -0.2) is 9.78 Å². The molecule has 17 heavy (non-hydrogen) atoms. The minimum absolute atomic E-state index is 0.147. The van der Waals surface area contributed by atoms with Gasteiger partial charge in [-0.05, 0) is 24.1 Å². The van der Waals surface area contributed by atoms with Gasteiger partial charge in [0, 0.05) is 17.6 Å². The molecule has 2 aliphatic rings. The van der Waals surface area contributed by atoms with E-state index in [1.807, 2.05) is 6.07 Å². The maximum Gasteiger partial charge on any atom is 0.348 e. The number of hydrogen-bond acceptors (Lipinski definition) is 3. The zero-order valence-corrected chi connectivity index (χ0v) is 9.75. The molecule has 2 aromatic rings. The molecule has 0 amide bonds. The third kappa shape index (κ3) is 1.29. The number of aromatic nitrogens is 2. The van der Waals surface area contributed by atoms with Gasteiger partial charge in [-0.2, -0.15) is 0 Å². The second-order valence-corrected chi connectivity index (χ2v) is 5.32. The molecule has 1 aliphatic heterocycles. The van der Waals surface area contributed by atoms with Crippen molar-refractivity contribution in [1.29, 1.82) is 0 Å². The van der Waals surface area contributed by atoms with Crippen LogP contribution < -0.4 is 5.69 Å². The Bertz CT molecular complexity index is 737. The third-order valence-electron chi connectivity index (χ3n) is 3.18.